The highest BCUT2D eigenvalue weighted by atomic mass is 16.5. The van der Waals surface area contributed by atoms with Crippen molar-refractivity contribution >= 4 is 5.78 Å². The number of nitrogens with zero attached hydrogens (tertiary/aromatic N) is 3. The van der Waals surface area contributed by atoms with E-state index in [9.17, 15) is 10.1 Å². The molecule has 0 spiro atoms. The maximum absolute atomic E-state index is 13.7. The van der Waals surface area contributed by atoms with E-state index in [0.717, 1.165) is 16.8 Å². The number of rotatable bonds is 5. The summed E-state index contributed by atoms with van der Waals surface area (Å²) in [5.74, 6) is 0.944. The van der Waals surface area contributed by atoms with Crippen LogP contribution in [0, 0.1) is 11.3 Å². The van der Waals surface area contributed by atoms with Gasteiger partial charge in [0.25, 0.3) is 0 Å². The number of hydrogen-bond donors (Lipinski definition) is 1. The monoisotopic (exact) mass is 444 g/mol. The standard InChI is InChI=1S/C26H28N4O3/c1-29(2)30-21-12-17(16-8-6-5-7-9-16)13-22(31)25(21)24(20(15-27)26(30)28)19-11-10-18(32-3)14-23(19)33-4/h5-11,14,17,24H,12-13,28H2,1-4H3/t17-,24+/m1/s1. The Kier molecular flexibility index (Phi) is 6.12. The van der Waals surface area contributed by atoms with Crippen LogP contribution in [0.3, 0.4) is 0 Å². The Morgan fingerprint density at radius 1 is 1.09 bits per heavy atom. The molecule has 7 heteroatoms. The number of benzene rings is 2. The van der Waals surface area contributed by atoms with Crippen molar-refractivity contribution in [3.05, 3.63) is 82.3 Å². The van der Waals surface area contributed by atoms with E-state index < -0.39 is 5.92 Å². The van der Waals surface area contributed by atoms with E-state index in [1.807, 2.05) is 49.4 Å². The highest BCUT2D eigenvalue weighted by Gasteiger charge is 2.44. The first-order valence-electron chi connectivity index (χ1n) is 10.8. The lowest BCUT2D eigenvalue weighted by Crippen LogP contribution is -2.46. The molecule has 1 aliphatic heterocycles. The summed E-state index contributed by atoms with van der Waals surface area (Å²) in [5.41, 5.74) is 10.2. The summed E-state index contributed by atoms with van der Waals surface area (Å²) in [6, 6.07) is 17.7. The molecule has 0 radical (unpaired) electrons. The Balaban J connectivity index is 1.92. The highest BCUT2D eigenvalue weighted by Crippen LogP contribution is 2.50. The summed E-state index contributed by atoms with van der Waals surface area (Å²) in [7, 11) is 6.86. The van der Waals surface area contributed by atoms with Gasteiger partial charge in [0.2, 0.25) is 0 Å². The first kappa shape index (κ1) is 22.4. The van der Waals surface area contributed by atoms with Crippen LogP contribution in [0.1, 0.15) is 35.8 Å². The number of nitriles is 1. The third-order valence-electron chi connectivity index (χ3n) is 6.36. The molecule has 1 heterocycles. The number of hydrazine groups is 1. The molecule has 0 unspecified atom stereocenters. The van der Waals surface area contributed by atoms with Crippen LogP contribution in [0.25, 0.3) is 0 Å². The summed E-state index contributed by atoms with van der Waals surface area (Å²) < 4.78 is 11.0. The van der Waals surface area contributed by atoms with E-state index in [1.165, 1.54) is 0 Å². The van der Waals surface area contributed by atoms with Gasteiger partial charge in [0.1, 0.15) is 17.3 Å². The number of Topliss-reactive ketones (excluding diaryl/α,β-unsaturated/α-hetero) is 1. The summed E-state index contributed by atoms with van der Waals surface area (Å²) in [5, 5.41) is 13.8. The van der Waals surface area contributed by atoms with E-state index in [1.54, 1.807) is 25.3 Å². The van der Waals surface area contributed by atoms with Crippen LogP contribution in [0.4, 0.5) is 0 Å². The van der Waals surface area contributed by atoms with E-state index in [2.05, 4.69) is 18.2 Å². The van der Waals surface area contributed by atoms with Gasteiger partial charge in [-0.25, -0.2) is 5.01 Å². The third-order valence-corrected chi connectivity index (χ3v) is 6.36. The van der Waals surface area contributed by atoms with E-state index >= 15 is 0 Å². The fraction of sp³-hybridized carbons (Fsp3) is 0.308. The average Bonchev–Trinajstić information content (AvgIpc) is 2.83. The van der Waals surface area contributed by atoms with Gasteiger partial charge >= 0.3 is 0 Å². The van der Waals surface area contributed by atoms with Crippen molar-refractivity contribution in [1.82, 2.24) is 10.0 Å². The number of ketones is 1. The van der Waals surface area contributed by atoms with Gasteiger partial charge in [-0.05, 0) is 24.0 Å². The van der Waals surface area contributed by atoms with Crippen molar-refractivity contribution in [3.8, 4) is 17.6 Å². The van der Waals surface area contributed by atoms with Gasteiger partial charge < -0.3 is 15.2 Å². The van der Waals surface area contributed by atoms with Crippen LogP contribution in [-0.4, -0.2) is 44.1 Å². The summed E-state index contributed by atoms with van der Waals surface area (Å²) in [4.78, 5) is 13.7. The molecule has 2 aromatic carbocycles. The Labute approximate surface area is 194 Å². The zero-order chi connectivity index (χ0) is 23.7. The Hall–Kier alpha value is -3.76. The minimum absolute atomic E-state index is 0.0140. The lowest BCUT2D eigenvalue weighted by atomic mass is 9.72. The lowest BCUT2D eigenvalue weighted by Gasteiger charge is -2.44. The molecule has 0 fully saturated rings. The molecular formula is C26H28N4O3. The molecule has 2 aromatic rings. The van der Waals surface area contributed by atoms with Gasteiger partial charge in [0, 0.05) is 43.4 Å². The number of carbonyl (C=O) groups excluding carboxylic acids is 1. The van der Waals surface area contributed by atoms with Crippen LogP contribution in [-0.2, 0) is 4.79 Å². The Morgan fingerprint density at radius 3 is 2.42 bits per heavy atom. The summed E-state index contributed by atoms with van der Waals surface area (Å²) >= 11 is 0. The maximum Gasteiger partial charge on any atom is 0.162 e. The van der Waals surface area contributed by atoms with Crippen molar-refractivity contribution < 1.29 is 14.3 Å². The summed E-state index contributed by atoms with van der Waals surface area (Å²) in [6.07, 6.45) is 1.01. The highest BCUT2D eigenvalue weighted by molar-refractivity contribution is 6.00. The van der Waals surface area contributed by atoms with Gasteiger partial charge in [-0.15, -0.1) is 0 Å². The predicted octanol–water partition coefficient (Wildman–Crippen LogP) is 3.67. The minimum atomic E-state index is -0.605. The molecule has 0 saturated carbocycles. The van der Waals surface area contributed by atoms with Crippen molar-refractivity contribution in [2.24, 2.45) is 5.73 Å². The zero-order valence-corrected chi connectivity index (χ0v) is 19.3. The molecule has 7 nitrogen and oxygen atoms in total. The second-order valence-electron chi connectivity index (χ2n) is 8.41. The molecule has 2 atom stereocenters. The van der Waals surface area contributed by atoms with Gasteiger partial charge in [0.15, 0.2) is 5.78 Å². The van der Waals surface area contributed by atoms with Gasteiger partial charge in [-0.1, -0.05) is 36.4 Å². The van der Waals surface area contributed by atoms with Gasteiger partial charge in [0.05, 0.1) is 31.8 Å². The first-order valence-corrected chi connectivity index (χ1v) is 10.8. The van der Waals surface area contributed by atoms with Crippen molar-refractivity contribution in [1.29, 1.82) is 5.26 Å². The molecule has 0 amide bonds. The topological polar surface area (TPSA) is 91.8 Å². The van der Waals surface area contributed by atoms with Crippen LogP contribution >= 0.6 is 0 Å². The molecule has 170 valence electrons. The van der Waals surface area contributed by atoms with Crippen LogP contribution in [0.15, 0.2) is 71.2 Å². The molecular weight excluding hydrogens is 416 g/mol. The number of hydrogen-bond acceptors (Lipinski definition) is 7. The van der Waals surface area contributed by atoms with E-state index in [-0.39, 0.29) is 11.7 Å². The summed E-state index contributed by atoms with van der Waals surface area (Å²) in [6.45, 7) is 0. The molecule has 0 aromatic heterocycles. The lowest BCUT2D eigenvalue weighted by molar-refractivity contribution is -0.117. The maximum atomic E-state index is 13.7. The third kappa shape index (κ3) is 3.83. The van der Waals surface area contributed by atoms with Crippen molar-refractivity contribution in [2.45, 2.75) is 24.7 Å². The van der Waals surface area contributed by atoms with Crippen molar-refractivity contribution in [3.63, 3.8) is 0 Å². The second kappa shape index (κ2) is 9.00. The van der Waals surface area contributed by atoms with Gasteiger partial charge in [-0.3, -0.25) is 9.80 Å². The first-order chi connectivity index (χ1) is 15.9. The fourth-order valence-electron chi connectivity index (χ4n) is 4.90. The molecule has 0 bridgehead atoms. The van der Waals surface area contributed by atoms with Gasteiger partial charge in [-0.2, -0.15) is 5.26 Å². The molecule has 33 heavy (non-hydrogen) atoms. The molecule has 2 aliphatic rings. The Morgan fingerprint density at radius 2 is 1.82 bits per heavy atom. The van der Waals surface area contributed by atoms with E-state index in [0.29, 0.717) is 41.3 Å². The molecule has 1 aliphatic carbocycles. The fourth-order valence-corrected chi connectivity index (χ4v) is 4.90. The molecule has 2 N–H and O–H groups in total. The smallest absolute Gasteiger partial charge is 0.162 e. The normalized spacial score (nSPS) is 20.6. The van der Waals surface area contributed by atoms with Crippen LogP contribution in [0.5, 0.6) is 11.5 Å². The average molecular weight is 445 g/mol. The van der Waals surface area contributed by atoms with Crippen LogP contribution in [0.2, 0.25) is 0 Å². The second-order valence-corrected chi connectivity index (χ2v) is 8.41. The molecule has 4 rings (SSSR count). The largest absolute Gasteiger partial charge is 0.497 e. The predicted molar refractivity (Wildman–Crippen MR) is 125 cm³/mol. The quantitative estimate of drug-likeness (QED) is 0.752. The number of allylic oxidation sites excluding steroid dienone is 3. The Bertz CT molecular complexity index is 1180. The van der Waals surface area contributed by atoms with Crippen LogP contribution < -0.4 is 15.2 Å². The molecule has 0 saturated heterocycles. The number of ether oxygens (including phenoxy) is 2. The minimum Gasteiger partial charge on any atom is -0.497 e. The van der Waals surface area contributed by atoms with Crippen molar-refractivity contribution in [2.75, 3.05) is 28.3 Å². The number of methoxy groups -OCH3 is 2. The SMILES string of the molecule is COc1ccc([C@H]2C(C#N)=C(N)N(N(C)C)C3=C2C(=O)C[C@H](c2ccccc2)C3)c(OC)c1. The van der Waals surface area contributed by atoms with E-state index in [4.69, 9.17) is 15.2 Å². The zero-order valence-electron chi connectivity index (χ0n) is 19.3. The number of carbonyl (C=O) groups is 1. The number of nitrogens with two attached hydrogens (primary N) is 1.